The highest BCUT2D eigenvalue weighted by Gasteiger charge is 2.57. The van der Waals surface area contributed by atoms with Crippen LogP contribution in [0.3, 0.4) is 0 Å². The highest BCUT2D eigenvalue weighted by molar-refractivity contribution is 5.98. The van der Waals surface area contributed by atoms with E-state index in [1.807, 2.05) is 24.3 Å². The van der Waals surface area contributed by atoms with E-state index in [0.717, 1.165) is 45.2 Å². The number of hydrogen-bond donors (Lipinski definition) is 1. The SMILES string of the molecule is C[C@@H]1CCCN(C(=O)[C@H]2C[C@@H]3CC[C@@H]2C[C@@]32NC(=O)c3ccccc3O2)C1. The molecule has 3 aliphatic carbocycles. The summed E-state index contributed by atoms with van der Waals surface area (Å²) in [5.41, 5.74) is -0.0140. The first-order valence-corrected chi connectivity index (χ1v) is 10.4. The van der Waals surface area contributed by atoms with Crippen LogP contribution >= 0.6 is 0 Å². The van der Waals surface area contributed by atoms with Crippen LogP contribution in [0, 0.1) is 23.7 Å². The van der Waals surface area contributed by atoms with Crippen molar-refractivity contribution >= 4 is 11.8 Å². The third-order valence-corrected chi connectivity index (χ3v) is 7.25. The largest absolute Gasteiger partial charge is 0.467 e. The van der Waals surface area contributed by atoms with Crippen molar-refractivity contribution in [3.63, 3.8) is 0 Å². The molecule has 5 nitrogen and oxygen atoms in total. The maximum atomic E-state index is 13.2. The minimum Gasteiger partial charge on any atom is -0.467 e. The van der Waals surface area contributed by atoms with Gasteiger partial charge in [0, 0.05) is 31.3 Å². The lowest BCUT2D eigenvalue weighted by Crippen LogP contribution is -2.67. The molecular formula is C22H28N2O3. The zero-order valence-corrected chi connectivity index (χ0v) is 15.9. The van der Waals surface area contributed by atoms with E-state index in [-0.39, 0.29) is 17.7 Å². The number of ether oxygens (including phenoxy) is 1. The summed E-state index contributed by atoms with van der Waals surface area (Å²) < 4.78 is 6.40. The number of benzene rings is 1. The molecule has 2 heterocycles. The van der Waals surface area contributed by atoms with Crippen molar-refractivity contribution in [2.45, 2.75) is 51.2 Å². The molecule has 2 amide bonds. The van der Waals surface area contributed by atoms with E-state index in [4.69, 9.17) is 4.74 Å². The highest BCUT2D eigenvalue weighted by atomic mass is 16.5. The number of carbonyl (C=O) groups is 2. The molecule has 0 aromatic heterocycles. The van der Waals surface area contributed by atoms with Crippen molar-refractivity contribution < 1.29 is 14.3 Å². The summed E-state index contributed by atoms with van der Waals surface area (Å²) in [5.74, 6) is 2.18. The van der Waals surface area contributed by atoms with Gasteiger partial charge in [0.2, 0.25) is 5.91 Å². The van der Waals surface area contributed by atoms with E-state index < -0.39 is 5.72 Å². The molecule has 5 aliphatic rings. The van der Waals surface area contributed by atoms with Crippen molar-refractivity contribution in [3.05, 3.63) is 29.8 Å². The minimum atomic E-state index is -0.625. The first kappa shape index (κ1) is 17.1. The fourth-order valence-corrected chi connectivity index (χ4v) is 5.89. The molecule has 0 unspecified atom stereocenters. The van der Waals surface area contributed by atoms with Crippen LogP contribution in [0.25, 0.3) is 0 Å². The summed E-state index contributed by atoms with van der Waals surface area (Å²) in [4.78, 5) is 28.0. The average Bonchev–Trinajstić information content (AvgIpc) is 2.68. The van der Waals surface area contributed by atoms with Gasteiger partial charge in [-0.1, -0.05) is 19.1 Å². The van der Waals surface area contributed by atoms with Crippen LogP contribution in [-0.4, -0.2) is 35.5 Å². The molecule has 27 heavy (non-hydrogen) atoms. The zero-order valence-electron chi connectivity index (χ0n) is 15.9. The molecule has 1 aromatic rings. The quantitative estimate of drug-likeness (QED) is 0.828. The van der Waals surface area contributed by atoms with Gasteiger partial charge in [0.1, 0.15) is 5.75 Å². The summed E-state index contributed by atoms with van der Waals surface area (Å²) in [5, 5.41) is 3.18. The van der Waals surface area contributed by atoms with Gasteiger partial charge in [0.25, 0.3) is 5.91 Å². The van der Waals surface area contributed by atoms with Gasteiger partial charge in [-0.2, -0.15) is 0 Å². The summed E-state index contributed by atoms with van der Waals surface area (Å²) in [6.07, 6.45) is 6.01. The Balaban J connectivity index is 1.36. The van der Waals surface area contributed by atoms with Gasteiger partial charge in [-0.25, -0.2) is 0 Å². The molecule has 1 N–H and O–H groups in total. The number of rotatable bonds is 1. The second-order valence-corrected chi connectivity index (χ2v) is 9.05. The third kappa shape index (κ3) is 2.74. The lowest BCUT2D eigenvalue weighted by atomic mass is 9.59. The van der Waals surface area contributed by atoms with Crippen molar-refractivity contribution in [3.8, 4) is 5.75 Å². The van der Waals surface area contributed by atoms with E-state index in [2.05, 4.69) is 17.1 Å². The molecule has 5 heteroatoms. The molecule has 2 bridgehead atoms. The van der Waals surface area contributed by atoms with Gasteiger partial charge in [0.05, 0.1) is 5.56 Å². The molecule has 1 spiro atoms. The number of piperidine rings is 1. The van der Waals surface area contributed by atoms with E-state index in [1.54, 1.807) is 0 Å². The Morgan fingerprint density at radius 1 is 1.26 bits per heavy atom. The van der Waals surface area contributed by atoms with Gasteiger partial charge >= 0.3 is 0 Å². The Morgan fingerprint density at radius 3 is 2.89 bits per heavy atom. The molecule has 5 atom stereocenters. The van der Waals surface area contributed by atoms with Crippen LogP contribution in [0.2, 0.25) is 0 Å². The smallest absolute Gasteiger partial charge is 0.258 e. The number of fused-ring (bicyclic) bond motifs is 3. The Kier molecular flexibility index (Phi) is 3.95. The normalized spacial score (nSPS) is 37.5. The van der Waals surface area contributed by atoms with Crippen molar-refractivity contribution in [2.75, 3.05) is 13.1 Å². The van der Waals surface area contributed by atoms with Gasteiger partial charge in [-0.05, 0) is 56.1 Å². The van der Waals surface area contributed by atoms with E-state index in [1.165, 1.54) is 6.42 Å². The number of carbonyl (C=O) groups excluding carboxylic acids is 2. The number of nitrogens with zero attached hydrogens (tertiary/aromatic N) is 1. The minimum absolute atomic E-state index is 0.0443. The second-order valence-electron chi connectivity index (χ2n) is 9.05. The van der Waals surface area contributed by atoms with Gasteiger partial charge < -0.3 is 15.0 Å². The van der Waals surface area contributed by atoms with Crippen molar-refractivity contribution in [1.29, 1.82) is 0 Å². The topological polar surface area (TPSA) is 58.6 Å². The second kappa shape index (κ2) is 6.25. The Labute approximate surface area is 160 Å². The molecule has 3 saturated carbocycles. The number of nitrogens with one attached hydrogen (secondary N) is 1. The standard InChI is InChI=1S/C22H28N2O3/c1-14-5-4-10-24(13-14)21(26)18-11-16-9-8-15(18)12-22(16)23-20(25)17-6-2-3-7-19(17)27-22/h2-3,6-7,14-16,18H,4-5,8-13H2,1H3,(H,23,25)/t14-,15-,16+,18+,22+/m1/s1. The van der Waals surface area contributed by atoms with Crippen LogP contribution < -0.4 is 10.1 Å². The van der Waals surface area contributed by atoms with Gasteiger partial charge in [-0.15, -0.1) is 0 Å². The Hall–Kier alpha value is -2.04. The molecule has 2 aliphatic heterocycles. The molecule has 144 valence electrons. The number of para-hydroxylation sites is 1. The fourth-order valence-electron chi connectivity index (χ4n) is 5.89. The van der Waals surface area contributed by atoms with Crippen LogP contribution in [0.4, 0.5) is 0 Å². The van der Waals surface area contributed by atoms with E-state index >= 15 is 0 Å². The molecule has 0 radical (unpaired) electrons. The van der Waals surface area contributed by atoms with Crippen LogP contribution in [0.1, 0.15) is 55.8 Å². The molecular weight excluding hydrogens is 340 g/mol. The van der Waals surface area contributed by atoms with Crippen LogP contribution in [-0.2, 0) is 4.79 Å². The Morgan fingerprint density at radius 2 is 2.11 bits per heavy atom. The molecule has 1 saturated heterocycles. The third-order valence-electron chi connectivity index (χ3n) is 7.25. The number of likely N-dealkylation sites (tertiary alicyclic amines) is 1. The van der Waals surface area contributed by atoms with Crippen molar-refractivity contribution in [1.82, 2.24) is 10.2 Å². The molecule has 1 aromatic carbocycles. The van der Waals surface area contributed by atoms with E-state index in [0.29, 0.717) is 29.1 Å². The summed E-state index contributed by atoms with van der Waals surface area (Å²) in [7, 11) is 0. The fraction of sp³-hybridized carbons (Fsp3) is 0.636. The summed E-state index contributed by atoms with van der Waals surface area (Å²) in [6.45, 7) is 4.05. The average molecular weight is 368 g/mol. The maximum absolute atomic E-state index is 13.2. The Bertz CT molecular complexity index is 779. The predicted octanol–water partition coefficient (Wildman–Crippen LogP) is 3.20. The highest BCUT2D eigenvalue weighted by Crippen LogP contribution is 2.52. The van der Waals surface area contributed by atoms with Crippen LogP contribution in [0.15, 0.2) is 24.3 Å². The zero-order chi connectivity index (χ0) is 18.6. The summed E-state index contributed by atoms with van der Waals surface area (Å²) in [6, 6.07) is 7.47. The molecule has 6 rings (SSSR count). The van der Waals surface area contributed by atoms with Gasteiger partial charge in [0.15, 0.2) is 5.72 Å². The lowest BCUT2D eigenvalue weighted by Gasteiger charge is -2.55. The number of hydrogen-bond acceptors (Lipinski definition) is 3. The first-order chi connectivity index (χ1) is 13.1. The summed E-state index contributed by atoms with van der Waals surface area (Å²) >= 11 is 0. The van der Waals surface area contributed by atoms with Crippen molar-refractivity contribution in [2.24, 2.45) is 23.7 Å². The molecule has 4 fully saturated rings. The first-order valence-electron chi connectivity index (χ1n) is 10.4. The monoisotopic (exact) mass is 368 g/mol. The maximum Gasteiger partial charge on any atom is 0.258 e. The van der Waals surface area contributed by atoms with Gasteiger partial charge in [-0.3, -0.25) is 9.59 Å². The van der Waals surface area contributed by atoms with Crippen LogP contribution in [0.5, 0.6) is 5.75 Å². The number of amides is 2. The predicted molar refractivity (Wildman–Crippen MR) is 101 cm³/mol. The lowest BCUT2D eigenvalue weighted by molar-refractivity contribution is -0.156. The van der Waals surface area contributed by atoms with E-state index in [9.17, 15) is 9.59 Å².